The van der Waals surface area contributed by atoms with Gasteiger partial charge in [0.15, 0.2) is 5.65 Å². The molecule has 10 nitrogen and oxygen atoms in total. The van der Waals surface area contributed by atoms with Gasteiger partial charge in [-0.1, -0.05) is 32.3 Å². The topological polar surface area (TPSA) is 96.8 Å². The third kappa shape index (κ3) is 8.01. The van der Waals surface area contributed by atoms with Gasteiger partial charge in [0.25, 0.3) is 0 Å². The van der Waals surface area contributed by atoms with E-state index in [1.165, 1.54) is 12.1 Å². The number of piperazine rings is 1. The van der Waals surface area contributed by atoms with Crippen LogP contribution in [0.15, 0.2) is 67.4 Å². The lowest BCUT2D eigenvalue weighted by molar-refractivity contribution is -0.111. The number of likely N-dealkylation sites (N-methyl/N-ethyl adjacent to an activating group) is 1. The summed E-state index contributed by atoms with van der Waals surface area (Å²) >= 11 is 0. The van der Waals surface area contributed by atoms with E-state index >= 15 is 4.39 Å². The number of nitrogens with one attached hydrogen (secondary N) is 2. The molecule has 0 aliphatic carbocycles. The fourth-order valence-corrected chi connectivity index (χ4v) is 5.53. The van der Waals surface area contributed by atoms with Crippen LogP contribution in [0, 0.1) is 5.82 Å². The van der Waals surface area contributed by atoms with E-state index in [1.807, 2.05) is 22.9 Å². The molecule has 0 radical (unpaired) electrons. The van der Waals surface area contributed by atoms with Crippen LogP contribution in [0.5, 0.6) is 11.6 Å². The van der Waals surface area contributed by atoms with Gasteiger partial charge in [-0.2, -0.15) is 9.97 Å². The van der Waals surface area contributed by atoms with Gasteiger partial charge in [0.1, 0.15) is 18.3 Å². The first-order chi connectivity index (χ1) is 21.1. The molecule has 1 fully saturated rings. The lowest BCUT2D eigenvalue weighted by Gasteiger charge is -2.34. The lowest BCUT2D eigenvalue weighted by atomic mass is 10.2. The van der Waals surface area contributed by atoms with Crippen molar-refractivity contribution in [2.45, 2.75) is 32.4 Å². The van der Waals surface area contributed by atoms with Crippen LogP contribution in [0.2, 0.25) is 25.7 Å². The number of rotatable bonds is 12. The number of carbonyl (C=O) groups excluding carboxylic acids is 1. The van der Waals surface area contributed by atoms with Gasteiger partial charge < -0.3 is 34.5 Å². The third-order valence-corrected chi connectivity index (χ3v) is 9.06. The molecule has 5 rings (SSSR count). The highest BCUT2D eigenvalue weighted by molar-refractivity contribution is 6.76. The maximum Gasteiger partial charge on any atom is 0.247 e. The summed E-state index contributed by atoms with van der Waals surface area (Å²) in [7, 11) is 0.837. The highest BCUT2D eigenvalue weighted by atomic mass is 28.3. The number of nitrogens with zero attached hydrogens (tertiary/aromatic N) is 5. The van der Waals surface area contributed by atoms with Crippen molar-refractivity contribution in [3.8, 4) is 11.6 Å². The molecule has 44 heavy (non-hydrogen) atoms. The maximum atomic E-state index is 15.3. The van der Waals surface area contributed by atoms with Crippen LogP contribution in [0.1, 0.15) is 0 Å². The molecule has 2 N–H and O–H groups in total. The minimum absolute atomic E-state index is 0.248. The monoisotopic (exact) mass is 617 g/mol. The van der Waals surface area contributed by atoms with Crippen LogP contribution < -0.4 is 20.3 Å². The van der Waals surface area contributed by atoms with Gasteiger partial charge in [-0.3, -0.25) is 4.79 Å². The molecule has 2 aromatic heterocycles. The van der Waals surface area contributed by atoms with E-state index < -0.39 is 8.07 Å². The number of carbonyl (C=O) groups is 1. The van der Waals surface area contributed by atoms with E-state index in [0.29, 0.717) is 53.1 Å². The predicted molar refractivity (Wildman–Crippen MR) is 176 cm³/mol. The molecule has 3 heterocycles. The Bertz CT molecular complexity index is 1630. The molecule has 4 aromatic rings. The zero-order valence-corrected chi connectivity index (χ0v) is 26.8. The molecule has 1 aliphatic rings. The minimum atomic E-state index is -1.24. The van der Waals surface area contributed by atoms with E-state index in [-0.39, 0.29) is 17.7 Å². The summed E-state index contributed by atoms with van der Waals surface area (Å²) < 4.78 is 29.4. The van der Waals surface area contributed by atoms with Gasteiger partial charge >= 0.3 is 0 Å². The Morgan fingerprint density at radius 3 is 2.59 bits per heavy atom. The van der Waals surface area contributed by atoms with Crippen molar-refractivity contribution in [3.05, 3.63) is 73.2 Å². The van der Waals surface area contributed by atoms with E-state index in [2.05, 4.69) is 58.7 Å². The Kier molecular flexibility index (Phi) is 9.62. The second-order valence-corrected chi connectivity index (χ2v) is 17.7. The molecule has 232 valence electrons. The molecule has 1 amide bonds. The summed E-state index contributed by atoms with van der Waals surface area (Å²) in [6.07, 6.45) is 3.09. The summed E-state index contributed by atoms with van der Waals surface area (Å²) in [5.74, 6) is 0.391. The largest absolute Gasteiger partial charge is 0.438 e. The first kappa shape index (κ1) is 31.2. The number of hydrogen-bond donors (Lipinski definition) is 2. The van der Waals surface area contributed by atoms with E-state index in [0.717, 1.165) is 32.2 Å². The normalized spacial score (nSPS) is 14.1. The number of anilines is 4. The Labute approximate surface area is 258 Å². The molecular formula is C32H40FN7O3Si. The average molecular weight is 618 g/mol. The molecule has 1 saturated heterocycles. The second-order valence-electron chi connectivity index (χ2n) is 12.1. The minimum Gasteiger partial charge on any atom is -0.438 e. The molecular weight excluding hydrogens is 577 g/mol. The van der Waals surface area contributed by atoms with E-state index in [1.54, 1.807) is 30.3 Å². The first-order valence-electron chi connectivity index (χ1n) is 14.7. The number of ether oxygens (including phenoxy) is 2. The Morgan fingerprint density at radius 2 is 1.86 bits per heavy atom. The first-order valence-corrected chi connectivity index (χ1v) is 18.4. The van der Waals surface area contributed by atoms with Gasteiger partial charge in [0.05, 0.1) is 11.1 Å². The summed E-state index contributed by atoms with van der Waals surface area (Å²) in [5.41, 5.74) is 2.26. The Morgan fingerprint density at radius 1 is 1.07 bits per heavy atom. The van der Waals surface area contributed by atoms with Gasteiger partial charge in [0.2, 0.25) is 17.7 Å². The van der Waals surface area contributed by atoms with E-state index in [9.17, 15) is 4.79 Å². The molecule has 1 aliphatic heterocycles. The molecule has 0 bridgehead atoms. The molecule has 0 unspecified atom stereocenters. The average Bonchev–Trinajstić information content (AvgIpc) is 3.39. The quantitative estimate of drug-likeness (QED) is 0.109. The van der Waals surface area contributed by atoms with Gasteiger partial charge in [-0.15, -0.1) is 0 Å². The highest BCUT2D eigenvalue weighted by Crippen LogP contribution is 2.32. The maximum absolute atomic E-state index is 15.3. The van der Waals surface area contributed by atoms with Crippen molar-refractivity contribution in [1.29, 1.82) is 0 Å². The standard InChI is InChI=1S/C32H40FN7O3Si/c1-6-29(41)34-23-8-7-9-25(20-23)43-31-26-12-13-40(22-42-18-19-44(3,4)5)30(26)36-32(37-31)35-24-10-11-28(27(33)21-24)39-16-14-38(2)15-17-39/h6-13,20-21H,1,14-19,22H2,2-5H3,(H,34,41)(H,35,36,37). The van der Waals surface area contributed by atoms with Gasteiger partial charge in [0, 0.05) is 64.5 Å². The predicted octanol–water partition coefficient (Wildman–Crippen LogP) is 6.29. The van der Waals surface area contributed by atoms with Crippen LogP contribution in [0.3, 0.4) is 0 Å². The lowest BCUT2D eigenvalue weighted by Crippen LogP contribution is -2.44. The molecule has 0 saturated carbocycles. The second kappa shape index (κ2) is 13.6. The van der Waals surface area contributed by atoms with Crippen LogP contribution in [-0.2, 0) is 16.3 Å². The Hall–Kier alpha value is -4.26. The van der Waals surface area contributed by atoms with Crippen LogP contribution in [-0.4, -0.2) is 73.2 Å². The summed E-state index contributed by atoms with van der Waals surface area (Å²) in [6, 6.07) is 15.0. The number of halogens is 1. The van der Waals surface area contributed by atoms with Gasteiger partial charge in [-0.05, 0) is 55.6 Å². The molecule has 0 atom stereocenters. The zero-order chi connectivity index (χ0) is 31.3. The summed E-state index contributed by atoms with van der Waals surface area (Å²) in [4.78, 5) is 25.5. The fourth-order valence-electron chi connectivity index (χ4n) is 4.78. The van der Waals surface area contributed by atoms with Crippen molar-refractivity contribution in [1.82, 2.24) is 19.4 Å². The number of benzene rings is 2. The zero-order valence-electron chi connectivity index (χ0n) is 25.8. The van der Waals surface area contributed by atoms with Crippen LogP contribution in [0.4, 0.5) is 27.4 Å². The Balaban J connectivity index is 1.42. The van der Waals surface area contributed by atoms with Crippen LogP contribution >= 0.6 is 0 Å². The molecule has 2 aromatic carbocycles. The van der Waals surface area contributed by atoms with Crippen molar-refractivity contribution < 1.29 is 18.7 Å². The number of amides is 1. The van der Waals surface area contributed by atoms with Crippen LogP contribution in [0.25, 0.3) is 11.0 Å². The number of fused-ring (bicyclic) bond motifs is 1. The smallest absolute Gasteiger partial charge is 0.247 e. The van der Waals surface area contributed by atoms with Crippen molar-refractivity contribution in [3.63, 3.8) is 0 Å². The van der Waals surface area contributed by atoms with Gasteiger partial charge in [-0.25, -0.2) is 4.39 Å². The number of hydrogen-bond acceptors (Lipinski definition) is 8. The summed E-state index contributed by atoms with van der Waals surface area (Å²) in [6.45, 7) is 14.8. The van der Waals surface area contributed by atoms with Crippen molar-refractivity contribution in [2.24, 2.45) is 0 Å². The number of aromatic nitrogens is 3. The third-order valence-electron chi connectivity index (χ3n) is 7.36. The molecule has 0 spiro atoms. The van der Waals surface area contributed by atoms with Crippen molar-refractivity contribution in [2.75, 3.05) is 55.4 Å². The SMILES string of the molecule is C=CC(=O)Nc1cccc(Oc2nc(Nc3ccc(N4CCN(C)CC4)c(F)c3)nc3c2ccn3COCC[Si](C)(C)C)c1. The summed E-state index contributed by atoms with van der Waals surface area (Å²) in [5, 5.41) is 6.58. The van der Waals surface area contributed by atoms with E-state index in [4.69, 9.17) is 14.5 Å². The highest BCUT2D eigenvalue weighted by Gasteiger charge is 2.19. The fraction of sp³-hybridized carbons (Fsp3) is 0.344. The van der Waals surface area contributed by atoms with Crippen molar-refractivity contribution >= 4 is 48.0 Å². The molecule has 12 heteroatoms.